The van der Waals surface area contributed by atoms with Crippen LogP contribution in [0.1, 0.15) is 36.2 Å². The predicted octanol–water partition coefficient (Wildman–Crippen LogP) is 4.96. The molecule has 3 rings (SSSR count). The van der Waals surface area contributed by atoms with Gasteiger partial charge in [0.1, 0.15) is 0 Å². The average molecular weight is 275 g/mol. The highest BCUT2D eigenvalue weighted by molar-refractivity contribution is 9.09. The van der Waals surface area contributed by atoms with Crippen LogP contribution in [0.2, 0.25) is 0 Å². The van der Waals surface area contributed by atoms with Crippen molar-refractivity contribution in [2.24, 2.45) is 0 Å². The molecule has 2 aromatic rings. The van der Waals surface area contributed by atoms with Gasteiger partial charge in [0, 0.05) is 4.83 Å². The zero-order valence-corrected chi connectivity index (χ0v) is 11.2. The maximum absolute atomic E-state index is 3.80. The van der Waals surface area contributed by atoms with E-state index < -0.39 is 0 Å². The number of fused-ring (bicyclic) bond motifs is 3. The Bertz CT molecular complexity index is 554. The molecule has 0 amide bonds. The van der Waals surface area contributed by atoms with Crippen LogP contribution in [0.15, 0.2) is 36.4 Å². The minimum Gasteiger partial charge on any atom is -0.0838 e. The number of rotatable bonds is 0. The Labute approximate surface area is 105 Å². The normalized spacial score (nSPS) is 22.3. The monoisotopic (exact) mass is 274 g/mol. The van der Waals surface area contributed by atoms with Crippen LogP contribution in [-0.4, -0.2) is 0 Å². The lowest BCUT2D eigenvalue weighted by Crippen LogP contribution is -2.12. The number of hydrogen-bond acceptors (Lipinski definition) is 0. The second-order valence-corrected chi connectivity index (χ2v) is 6.41. The van der Waals surface area contributed by atoms with E-state index in [1.807, 2.05) is 0 Å². The van der Waals surface area contributed by atoms with Crippen LogP contribution in [0.4, 0.5) is 0 Å². The van der Waals surface area contributed by atoms with Gasteiger partial charge >= 0.3 is 0 Å². The smallest absolute Gasteiger partial charge is 0.0406 e. The minimum atomic E-state index is 0.282. The molecule has 0 N–H and O–H groups in total. The van der Waals surface area contributed by atoms with Crippen molar-refractivity contribution >= 4 is 26.7 Å². The maximum Gasteiger partial charge on any atom is 0.0406 e. The zero-order chi connectivity index (χ0) is 11.3. The summed E-state index contributed by atoms with van der Waals surface area (Å²) < 4.78 is 0. The summed E-state index contributed by atoms with van der Waals surface area (Å²) in [4.78, 5) is 0.516. The van der Waals surface area contributed by atoms with Crippen molar-refractivity contribution in [2.45, 2.75) is 30.5 Å². The molecular formula is C15H15Br. The van der Waals surface area contributed by atoms with Gasteiger partial charge in [-0.3, -0.25) is 0 Å². The second kappa shape index (κ2) is 3.33. The molecule has 1 unspecified atom stereocenters. The highest BCUT2D eigenvalue weighted by Gasteiger charge is 2.36. The van der Waals surface area contributed by atoms with Crippen molar-refractivity contribution in [1.29, 1.82) is 0 Å². The lowest BCUT2D eigenvalue weighted by Gasteiger charge is -2.20. The molecule has 0 aromatic heterocycles. The largest absolute Gasteiger partial charge is 0.0838 e. The number of benzene rings is 2. The number of halogens is 1. The third-order valence-electron chi connectivity index (χ3n) is 3.67. The SMILES string of the molecule is CC1(C)CC(Br)c2ccc3ccccc3c21. The van der Waals surface area contributed by atoms with Crippen LogP contribution in [0.25, 0.3) is 10.8 Å². The molecule has 1 aliphatic rings. The van der Waals surface area contributed by atoms with E-state index in [0.29, 0.717) is 4.83 Å². The first-order valence-electron chi connectivity index (χ1n) is 5.76. The molecule has 0 heterocycles. The molecule has 0 nitrogen and oxygen atoms in total. The molecule has 16 heavy (non-hydrogen) atoms. The van der Waals surface area contributed by atoms with Crippen LogP contribution >= 0.6 is 15.9 Å². The summed E-state index contributed by atoms with van der Waals surface area (Å²) in [6.45, 7) is 4.69. The Hall–Kier alpha value is -0.820. The zero-order valence-electron chi connectivity index (χ0n) is 9.63. The van der Waals surface area contributed by atoms with Gasteiger partial charge in [-0.05, 0) is 33.7 Å². The molecule has 0 spiro atoms. The molecule has 0 saturated heterocycles. The molecular weight excluding hydrogens is 260 g/mol. The Morgan fingerprint density at radius 1 is 1.12 bits per heavy atom. The first-order valence-corrected chi connectivity index (χ1v) is 6.67. The van der Waals surface area contributed by atoms with E-state index in [0.717, 1.165) is 0 Å². The van der Waals surface area contributed by atoms with Crippen LogP contribution in [0, 0.1) is 0 Å². The van der Waals surface area contributed by atoms with Gasteiger partial charge in [0.2, 0.25) is 0 Å². The van der Waals surface area contributed by atoms with Gasteiger partial charge in [-0.15, -0.1) is 0 Å². The van der Waals surface area contributed by atoms with Crippen molar-refractivity contribution in [2.75, 3.05) is 0 Å². The second-order valence-electron chi connectivity index (χ2n) is 5.31. The summed E-state index contributed by atoms with van der Waals surface area (Å²) in [6, 6.07) is 13.2. The Balaban J connectivity index is 2.42. The summed E-state index contributed by atoms with van der Waals surface area (Å²) in [5.41, 5.74) is 3.29. The molecule has 0 saturated carbocycles. The fourth-order valence-electron chi connectivity index (χ4n) is 2.96. The van der Waals surface area contributed by atoms with Crippen LogP contribution in [-0.2, 0) is 5.41 Å². The summed E-state index contributed by atoms with van der Waals surface area (Å²) in [5, 5.41) is 2.78. The fourth-order valence-corrected chi connectivity index (χ4v) is 4.16. The van der Waals surface area contributed by atoms with E-state index in [4.69, 9.17) is 0 Å². The lowest BCUT2D eigenvalue weighted by atomic mass is 9.83. The van der Waals surface area contributed by atoms with Crippen LogP contribution in [0.5, 0.6) is 0 Å². The van der Waals surface area contributed by atoms with Crippen LogP contribution in [0.3, 0.4) is 0 Å². The van der Waals surface area contributed by atoms with E-state index in [1.54, 1.807) is 0 Å². The van der Waals surface area contributed by atoms with E-state index >= 15 is 0 Å². The minimum absolute atomic E-state index is 0.282. The van der Waals surface area contributed by atoms with E-state index in [1.165, 1.54) is 28.3 Å². The Morgan fingerprint density at radius 3 is 2.69 bits per heavy atom. The third kappa shape index (κ3) is 1.34. The first kappa shape index (κ1) is 10.3. The quantitative estimate of drug-likeness (QED) is 0.596. The molecule has 2 aromatic carbocycles. The van der Waals surface area contributed by atoms with Crippen molar-refractivity contribution in [1.82, 2.24) is 0 Å². The molecule has 1 heteroatoms. The van der Waals surface area contributed by atoms with Crippen molar-refractivity contribution in [3.05, 3.63) is 47.5 Å². The van der Waals surface area contributed by atoms with Gasteiger partial charge in [-0.25, -0.2) is 0 Å². The van der Waals surface area contributed by atoms with E-state index in [9.17, 15) is 0 Å². The van der Waals surface area contributed by atoms with Gasteiger partial charge in [-0.1, -0.05) is 66.2 Å². The molecule has 1 aliphatic carbocycles. The van der Waals surface area contributed by atoms with E-state index in [-0.39, 0.29) is 5.41 Å². The number of hydrogen-bond donors (Lipinski definition) is 0. The average Bonchev–Trinajstić information content (AvgIpc) is 2.49. The van der Waals surface area contributed by atoms with Crippen molar-refractivity contribution in [3.8, 4) is 0 Å². The van der Waals surface area contributed by atoms with Gasteiger partial charge in [0.05, 0.1) is 0 Å². The highest BCUT2D eigenvalue weighted by atomic mass is 79.9. The van der Waals surface area contributed by atoms with Gasteiger partial charge in [0.15, 0.2) is 0 Å². The Morgan fingerprint density at radius 2 is 1.88 bits per heavy atom. The summed E-state index contributed by atoms with van der Waals surface area (Å²) >= 11 is 3.80. The summed E-state index contributed by atoms with van der Waals surface area (Å²) in [5.74, 6) is 0. The van der Waals surface area contributed by atoms with Crippen LogP contribution < -0.4 is 0 Å². The molecule has 1 atom stereocenters. The molecule has 0 bridgehead atoms. The van der Waals surface area contributed by atoms with Gasteiger partial charge in [0.25, 0.3) is 0 Å². The van der Waals surface area contributed by atoms with Gasteiger partial charge in [-0.2, -0.15) is 0 Å². The standard InChI is InChI=1S/C15H15Br/c1-15(2)9-13(16)12-8-7-10-5-3-4-6-11(10)14(12)15/h3-8,13H,9H2,1-2H3. The predicted molar refractivity (Wildman–Crippen MR) is 73.3 cm³/mol. The van der Waals surface area contributed by atoms with E-state index in [2.05, 4.69) is 66.2 Å². The maximum atomic E-state index is 3.80. The topological polar surface area (TPSA) is 0 Å². The Kier molecular flexibility index (Phi) is 2.16. The molecule has 0 aliphatic heterocycles. The third-order valence-corrected chi connectivity index (χ3v) is 4.48. The molecule has 0 fully saturated rings. The fraction of sp³-hybridized carbons (Fsp3) is 0.333. The lowest BCUT2D eigenvalue weighted by molar-refractivity contribution is 0.524. The van der Waals surface area contributed by atoms with Crippen molar-refractivity contribution in [3.63, 3.8) is 0 Å². The van der Waals surface area contributed by atoms with Crippen molar-refractivity contribution < 1.29 is 0 Å². The number of alkyl halides is 1. The summed E-state index contributed by atoms with van der Waals surface area (Å²) in [6.07, 6.45) is 1.19. The molecule has 82 valence electrons. The van der Waals surface area contributed by atoms with Gasteiger partial charge < -0.3 is 0 Å². The highest BCUT2D eigenvalue weighted by Crippen LogP contribution is 2.50. The molecule has 0 radical (unpaired) electrons. The summed E-state index contributed by atoms with van der Waals surface area (Å²) in [7, 11) is 0. The first-order chi connectivity index (χ1) is 7.59.